The van der Waals surface area contributed by atoms with Crippen LogP contribution in [-0.2, 0) is 4.79 Å². The minimum atomic E-state index is -0.190. The Balaban J connectivity index is 3.01. The number of aryl methyl sites for hydroxylation is 1. The number of rotatable bonds is 4. The van der Waals surface area contributed by atoms with Gasteiger partial charge in [0.2, 0.25) is 0 Å². The van der Waals surface area contributed by atoms with Crippen LogP contribution in [0.3, 0.4) is 0 Å². The van der Waals surface area contributed by atoms with Crippen LogP contribution < -0.4 is 0 Å². The summed E-state index contributed by atoms with van der Waals surface area (Å²) in [6, 6.07) is 3.97. The van der Waals surface area contributed by atoms with E-state index in [1.807, 2.05) is 38.3 Å². The Kier molecular flexibility index (Phi) is 4.92. The molecule has 0 spiro atoms. The number of hydrogen-bond acceptors (Lipinski definition) is 3. The van der Waals surface area contributed by atoms with Crippen LogP contribution in [0.4, 0.5) is 0 Å². The van der Waals surface area contributed by atoms with Crippen molar-refractivity contribution < 1.29 is 4.79 Å². The fourth-order valence-electron chi connectivity index (χ4n) is 1.49. The number of hydrogen-bond donors (Lipinski definition) is 0. The molecule has 0 aliphatic rings. The van der Waals surface area contributed by atoms with Gasteiger partial charge in [-0.05, 0) is 43.9 Å². The van der Waals surface area contributed by atoms with Crippen molar-refractivity contribution in [3.63, 3.8) is 0 Å². The van der Waals surface area contributed by atoms with E-state index in [1.165, 1.54) is 11.3 Å². The number of likely N-dealkylation sites (N-methyl/N-ethyl adjacent to an activating group) is 1. The van der Waals surface area contributed by atoms with Gasteiger partial charge in [0.1, 0.15) is 11.6 Å². The van der Waals surface area contributed by atoms with Gasteiger partial charge in [0.15, 0.2) is 0 Å². The van der Waals surface area contributed by atoms with Gasteiger partial charge in [-0.1, -0.05) is 0 Å². The number of nitrogens with zero attached hydrogens (tertiary/aromatic N) is 2. The van der Waals surface area contributed by atoms with Crippen molar-refractivity contribution in [2.75, 3.05) is 13.1 Å². The first-order chi connectivity index (χ1) is 8.13. The van der Waals surface area contributed by atoms with Gasteiger partial charge in [-0.2, -0.15) is 5.26 Å². The monoisotopic (exact) mass is 248 g/mol. The molecule has 0 bridgehead atoms. The van der Waals surface area contributed by atoms with Crippen molar-refractivity contribution in [2.24, 2.45) is 0 Å². The first-order valence-electron chi connectivity index (χ1n) is 5.59. The highest BCUT2D eigenvalue weighted by Gasteiger charge is 2.15. The van der Waals surface area contributed by atoms with Crippen molar-refractivity contribution in [3.8, 4) is 6.07 Å². The van der Waals surface area contributed by atoms with Crippen LogP contribution in [0.15, 0.2) is 17.0 Å². The smallest absolute Gasteiger partial charge is 0.264 e. The molecule has 1 amide bonds. The zero-order chi connectivity index (χ0) is 12.8. The summed E-state index contributed by atoms with van der Waals surface area (Å²) >= 11 is 1.54. The third-order valence-corrected chi connectivity index (χ3v) is 3.54. The van der Waals surface area contributed by atoms with Crippen LogP contribution in [0, 0.1) is 18.3 Å². The molecule has 17 heavy (non-hydrogen) atoms. The number of carbonyl (C=O) groups excluding carboxylic acids is 1. The Bertz CT molecular complexity index is 464. The average molecular weight is 248 g/mol. The van der Waals surface area contributed by atoms with Gasteiger partial charge in [-0.15, -0.1) is 11.3 Å². The van der Waals surface area contributed by atoms with Crippen molar-refractivity contribution in [1.82, 2.24) is 4.90 Å². The van der Waals surface area contributed by atoms with E-state index < -0.39 is 0 Å². The van der Waals surface area contributed by atoms with Gasteiger partial charge in [-0.25, -0.2) is 0 Å². The number of nitriles is 1. The molecule has 0 aromatic carbocycles. The van der Waals surface area contributed by atoms with E-state index >= 15 is 0 Å². The van der Waals surface area contributed by atoms with Crippen LogP contribution >= 0.6 is 11.3 Å². The van der Waals surface area contributed by atoms with Gasteiger partial charge < -0.3 is 4.90 Å². The summed E-state index contributed by atoms with van der Waals surface area (Å²) in [6.45, 7) is 7.04. The molecule has 0 aliphatic heterocycles. The minimum absolute atomic E-state index is 0.190. The highest BCUT2D eigenvalue weighted by molar-refractivity contribution is 7.11. The molecule has 0 radical (unpaired) electrons. The Labute approximate surface area is 106 Å². The molecule has 4 heteroatoms. The number of amides is 1. The Morgan fingerprint density at radius 2 is 2.18 bits per heavy atom. The molecule has 0 fully saturated rings. The van der Waals surface area contributed by atoms with Crippen LogP contribution in [0.5, 0.6) is 0 Å². The summed E-state index contributed by atoms with van der Waals surface area (Å²) in [5, 5.41) is 11.0. The van der Waals surface area contributed by atoms with Crippen LogP contribution in [0.1, 0.15) is 24.3 Å². The molecule has 0 saturated heterocycles. The van der Waals surface area contributed by atoms with Crippen molar-refractivity contribution >= 4 is 23.3 Å². The van der Waals surface area contributed by atoms with Gasteiger partial charge in [0.05, 0.1) is 0 Å². The molecular weight excluding hydrogens is 232 g/mol. The zero-order valence-corrected chi connectivity index (χ0v) is 11.2. The lowest BCUT2D eigenvalue weighted by Crippen LogP contribution is -2.31. The maximum absolute atomic E-state index is 12.0. The molecule has 1 rings (SSSR count). The highest BCUT2D eigenvalue weighted by Crippen LogP contribution is 2.19. The highest BCUT2D eigenvalue weighted by atomic mass is 32.1. The largest absolute Gasteiger partial charge is 0.339 e. The molecule has 0 N–H and O–H groups in total. The lowest BCUT2D eigenvalue weighted by atomic mass is 10.2. The SMILES string of the molecule is CCN(CC)C(=O)C(C#N)=Cc1sccc1C. The average Bonchev–Trinajstić information content (AvgIpc) is 2.73. The second-order valence-corrected chi connectivity index (χ2v) is 4.56. The summed E-state index contributed by atoms with van der Waals surface area (Å²) in [7, 11) is 0. The Morgan fingerprint density at radius 1 is 1.53 bits per heavy atom. The fourth-order valence-corrected chi connectivity index (χ4v) is 2.35. The third kappa shape index (κ3) is 3.18. The second kappa shape index (κ2) is 6.21. The van der Waals surface area contributed by atoms with Crippen LogP contribution in [-0.4, -0.2) is 23.9 Å². The molecule has 1 heterocycles. The molecule has 1 aromatic rings. The Morgan fingerprint density at radius 3 is 2.59 bits per heavy atom. The quantitative estimate of drug-likeness (QED) is 0.607. The van der Waals surface area contributed by atoms with E-state index in [0.29, 0.717) is 13.1 Å². The molecule has 90 valence electrons. The van der Waals surface area contributed by atoms with Crippen LogP contribution in [0.2, 0.25) is 0 Å². The van der Waals surface area contributed by atoms with Crippen molar-refractivity contribution in [2.45, 2.75) is 20.8 Å². The summed E-state index contributed by atoms with van der Waals surface area (Å²) in [6.07, 6.45) is 1.68. The van der Waals surface area contributed by atoms with Gasteiger partial charge in [-0.3, -0.25) is 4.79 Å². The summed E-state index contributed by atoms with van der Waals surface area (Å²) in [4.78, 5) is 14.6. The maximum atomic E-state index is 12.0. The molecule has 0 atom stereocenters. The molecular formula is C13H16N2OS. The minimum Gasteiger partial charge on any atom is -0.339 e. The second-order valence-electron chi connectivity index (χ2n) is 3.62. The lowest BCUT2D eigenvalue weighted by molar-refractivity contribution is -0.126. The van der Waals surface area contributed by atoms with Gasteiger partial charge in [0, 0.05) is 18.0 Å². The predicted octanol–water partition coefficient (Wildman–Crippen LogP) is 2.83. The van der Waals surface area contributed by atoms with E-state index in [9.17, 15) is 4.79 Å². The molecule has 0 aliphatic carbocycles. The van der Waals surface area contributed by atoms with Crippen molar-refractivity contribution in [3.05, 3.63) is 27.5 Å². The standard InChI is InChI=1S/C13H16N2OS/c1-4-15(5-2)13(16)11(9-14)8-12-10(3)6-7-17-12/h6-8H,4-5H2,1-3H3. The first-order valence-corrected chi connectivity index (χ1v) is 6.47. The Hall–Kier alpha value is -1.60. The third-order valence-electron chi connectivity index (χ3n) is 2.58. The molecule has 3 nitrogen and oxygen atoms in total. The molecule has 0 unspecified atom stereocenters. The number of carbonyl (C=O) groups is 1. The molecule has 1 aromatic heterocycles. The topological polar surface area (TPSA) is 44.1 Å². The van der Waals surface area contributed by atoms with E-state index in [-0.39, 0.29) is 11.5 Å². The summed E-state index contributed by atoms with van der Waals surface area (Å²) in [5.41, 5.74) is 1.30. The normalized spacial score (nSPS) is 11.1. The van der Waals surface area contributed by atoms with E-state index in [0.717, 1.165) is 10.4 Å². The van der Waals surface area contributed by atoms with E-state index in [2.05, 4.69) is 0 Å². The van der Waals surface area contributed by atoms with Crippen molar-refractivity contribution in [1.29, 1.82) is 5.26 Å². The van der Waals surface area contributed by atoms with Gasteiger partial charge in [0.25, 0.3) is 5.91 Å². The lowest BCUT2D eigenvalue weighted by Gasteiger charge is -2.17. The zero-order valence-electron chi connectivity index (χ0n) is 10.4. The summed E-state index contributed by atoms with van der Waals surface area (Å²) in [5.74, 6) is -0.190. The van der Waals surface area contributed by atoms with E-state index in [1.54, 1.807) is 11.0 Å². The first kappa shape index (κ1) is 13.5. The number of thiophene rings is 1. The fraction of sp³-hybridized carbons (Fsp3) is 0.385. The van der Waals surface area contributed by atoms with E-state index in [4.69, 9.17) is 5.26 Å². The molecule has 0 saturated carbocycles. The maximum Gasteiger partial charge on any atom is 0.264 e. The summed E-state index contributed by atoms with van der Waals surface area (Å²) < 4.78 is 0. The predicted molar refractivity (Wildman–Crippen MR) is 70.6 cm³/mol. The van der Waals surface area contributed by atoms with Gasteiger partial charge >= 0.3 is 0 Å². The van der Waals surface area contributed by atoms with Crippen LogP contribution in [0.25, 0.3) is 6.08 Å².